The summed E-state index contributed by atoms with van der Waals surface area (Å²) in [6, 6.07) is 0. The Morgan fingerprint density at radius 1 is 1.50 bits per heavy atom. The summed E-state index contributed by atoms with van der Waals surface area (Å²) < 4.78 is 5.27. The molecule has 1 N–H and O–H groups in total. The highest BCUT2D eigenvalue weighted by atomic mass is 16.5. The fourth-order valence-electron chi connectivity index (χ4n) is 2.72. The number of aromatic nitrogens is 2. The molecule has 1 aliphatic carbocycles. The number of nitrogens with zero attached hydrogens (tertiary/aromatic N) is 3. The molecule has 1 saturated carbocycles. The van der Waals surface area contributed by atoms with Crippen molar-refractivity contribution in [3.8, 4) is 0 Å². The first-order valence-corrected chi connectivity index (χ1v) is 6.84. The minimum atomic E-state index is 0.0291. The molecule has 0 spiro atoms. The van der Waals surface area contributed by atoms with Gasteiger partial charge in [0, 0.05) is 24.5 Å². The van der Waals surface area contributed by atoms with Crippen LogP contribution in [0, 0.1) is 5.41 Å². The van der Waals surface area contributed by atoms with Gasteiger partial charge in [0.05, 0.1) is 6.54 Å². The monoisotopic (exact) mass is 251 g/mol. The zero-order chi connectivity index (χ0) is 12.6. The SMILES string of the molecule is CC1(CO)CCCN(Cc2noc(C3CC3)n2)C1. The van der Waals surface area contributed by atoms with Crippen LogP contribution in [0.3, 0.4) is 0 Å². The van der Waals surface area contributed by atoms with E-state index >= 15 is 0 Å². The molecule has 2 aliphatic rings. The number of aliphatic hydroxyl groups excluding tert-OH is 1. The predicted molar refractivity (Wildman–Crippen MR) is 66.0 cm³/mol. The van der Waals surface area contributed by atoms with Crippen molar-refractivity contribution in [2.75, 3.05) is 19.7 Å². The number of piperidine rings is 1. The lowest BCUT2D eigenvalue weighted by Gasteiger charge is -2.38. The standard InChI is InChI=1S/C13H21N3O2/c1-13(9-17)5-2-6-16(8-13)7-11-14-12(18-15-11)10-3-4-10/h10,17H,2-9H2,1H3. The van der Waals surface area contributed by atoms with Crippen LogP contribution >= 0.6 is 0 Å². The van der Waals surface area contributed by atoms with Crippen LogP contribution in [0.5, 0.6) is 0 Å². The second-order valence-corrected chi connectivity index (χ2v) is 6.11. The second-order valence-electron chi connectivity index (χ2n) is 6.11. The maximum Gasteiger partial charge on any atom is 0.229 e. The maximum absolute atomic E-state index is 9.44. The molecule has 0 aromatic carbocycles. The van der Waals surface area contributed by atoms with E-state index in [1.54, 1.807) is 0 Å². The van der Waals surface area contributed by atoms with Crippen molar-refractivity contribution in [2.24, 2.45) is 5.41 Å². The molecule has 2 heterocycles. The van der Waals surface area contributed by atoms with E-state index < -0.39 is 0 Å². The fraction of sp³-hybridized carbons (Fsp3) is 0.846. The topological polar surface area (TPSA) is 62.4 Å². The Balaban J connectivity index is 1.60. The Morgan fingerprint density at radius 3 is 3.06 bits per heavy atom. The van der Waals surface area contributed by atoms with E-state index in [9.17, 15) is 5.11 Å². The van der Waals surface area contributed by atoms with Crippen LogP contribution in [0.15, 0.2) is 4.52 Å². The highest BCUT2D eigenvalue weighted by Gasteiger charge is 2.32. The van der Waals surface area contributed by atoms with Crippen LogP contribution in [-0.2, 0) is 6.54 Å². The fourth-order valence-corrected chi connectivity index (χ4v) is 2.72. The van der Waals surface area contributed by atoms with Gasteiger partial charge in [0.25, 0.3) is 0 Å². The van der Waals surface area contributed by atoms with Gasteiger partial charge in [-0.3, -0.25) is 4.90 Å². The minimum absolute atomic E-state index is 0.0291. The lowest BCUT2D eigenvalue weighted by molar-refractivity contribution is 0.0414. The molecule has 0 bridgehead atoms. The van der Waals surface area contributed by atoms with Crippen molar-refractivity contribution in [1.82, 2.24) is 15.0 Å². The third-order valence-corrected chi connectivity index (χ3v) is 4.02. The molecule has 18 heavy (non-hydrogen) atoms. The van der Waals surface area contributed by atoms with Gasteiger partial charge in [-0.05, 0) is 32.2 Å². The summed E-state index contributed by atoms with van der Waals surface area (Å²) in [5.41, 5.74) is 0.0291. The number of hydrogen-bond donors (Lipinski definition) is 1. The molecule has 1 unspecified atom stereocenters. The highest BCUT2D eigenvalue weighted by Crippen LogP contribution is 2.39. The van der Waals surface area contributed by atoms with E-state index in [2.05, 4.69) is 22.0 Å². The van der Waals surface area contributed by atoms with E-state index in [0.29, 0.717) is 5.92 Å². The first kappa shape index (κ1) is 12.1. The first-order chi connectivity index (χ1) is 8.68. The smallest absolute Gasteiger partial charge is 0.229 e. The molecule has 1 aliphatic heterocycles. The zero-order valence-corrected chi connectivity index (χ0v) is 10.9. The van der Waals surface area contributed by atoms with Crippen molar-refractivity contribution in [2.45, 2.75) is 45.1 Å². The quantitative estimate of drug-likeness (QED) is 0.879. The zero-order valence-electron chi connectivity index (χ0n) is 10.9. The lowest BCUT2D eigenvalue weighted by Crippen LogP contribution is -2.43. The van der Waals surface area contributed by atoms with Crippen LogP contribution < -0.4 is 0 Å². The van der Waals surface area contributed by atoms with E-state index in [1.807, 2.05) is 0 Å². The summed E-state index contributed by atoms with van der Waals surface area (Å²) in [5.74, 6) is 2.13. The largest absolute Gasteiger partial charge is 0.396 e. The summed E-state index contributed by atoms with van der Waals surface area (Å²) in [7, 11) is 0. The molecular formula is C13H21N3O2. The van der Waals surface area contributed by atoms with Crippen molar-refractivity contribution in [3.05, 3.63) is 11.7 Å². The van der Waals surface area contributed by atoms with Crippen molar-refractivity contribution in [3.63, 3.8) is 0 Å². The predicted octanol–water partition coefficient (Wildman–Crippen LogP) is 1.54. The average Bonchev–Trinajstić information content (AvgIpc) is 3.11. The van der Waals surface area contributed by atoms with Crippen molar-refractivity contribution >= 4 is 0 Å². The Bertz CT molecular complexity index is 416. The minimum Gasteiger partial charge on any atom is -0.396 e. The Labute approximate surface area is 107 Å². The van der Waals surface area contributed by atoms with Gasteiger partial charge in [0.2, 0.25) is 5.89 Å². The van der Waals surface area contributed by atoms with Crippen molar-refractivity contribution < 1.29 is 9.63 Å². The van der Waals surface area contributed by atoms with E-state index in [0.717, 1.165) is 44.2 Å². The second kappa shape index (κ2) is 4.63. The molecule has 2 fully saturated rings. The molecule has 3 rings (SSSR count). The van der Waals surface area contributed by atoms with Crippen LogP contribution in [0.1, 0.15) is 50.2 Å². The Morgan fingerprint density at radius 2 is 2.33 bits per heavy atom. The number of likely N-dealkylation sites (tertiary alicyclic amines) is 1. The third kappa shape index (κ3) is 2.57. The van der Waals surface area contributed by atoms with E-state index in [4.69, 9.17) is 4.52 Å². The molecule has 5 nitrogen and oxygen atoms in total. The van der Waals surface area contributed by atoms with Gasteiger partial charge in [0.15, 0.2) is 5.82 Å². The van der Waals surface area contributed by atoms with Gasteiger partial charge in [-0.25, -0.2) is 0 Å². The molecule has 1 aromatic heterocycles. The lowest BCUT2D eigenvalue weighted by atomic mass is 9.83. The normalized spacial score (nSPS) is 29.7. The number of rotatable bonds is 4. The third-order valence-electron chi connectivity index (χ3n) is 4.02. The summed E-state index contributed by atoms with van der Waals surface area (Å²) in [5, 5.41) is 13.5. The van der Waals surface area contributed by atoms with Crippen LogP contribution in [0.2, 0.25) is 0 Å². The molecule has 0 radical (unpaired) electrons. The van der Waals surface area contributed by atoms with Gasteiger partial charge < -0.3 is 9.63 Å². The summed E-state index contributed by atoms with van der Waals surface area (Å²) >= 11 is 0. The van der Waals surface area contributed by atoms with Crippen LogP contribution in [0.25, 0.3) is 0 Å². The maximum atomic E-state index is 9.44. The van der Waals surface area contributed by atoms with Crippen molar-refractivity contribution in [1.29, 1.82) is 0 Å². The van der Waals surface area contributed by atoms with Crippen LogP contribution in [0.4, 0.5) is 0 Å². The molecule has 0 amide bonds. The molecule has 100 valence electrons. The van der Waals surface area contributed by atoms with Crippen LogP contribution in [-0.4, -0.2) is 39.8 Å². The van der Waals surface area contributed by atoms with E-state index in [-0.39, 0.29) is 12.0 Å². The summed E-state index contributed by atoms with van der Waals surface area (Å²) in [6.45, 7) is 5.11. The van der Waals surface area contributed by atoms with Gasteiger partial charge in [-0.2, -0.15) is 4.98 Å². The average molecular weight is 251 g/mol. The Hall–Kier alpha value is -0.940. The van der Waals surface area contributed by atoms with Gasteiger partial charge >= 0.3 is 0 Å². The number of hydrogen-bond acceptors (Lipinski definition) is 5. The van der Waals surface area contributed by atoms with E-state index in [1.165, 1.54) is 12.8 Å². The molecule has 1 aromatic rings. The molecule has 1 saturated heterocycles. The first-order valence-electron chi connectivity index (χ1n) is 6.84. The Kier molecular flexibility index (Phi) is 3.11. The highest BCUT2D eigenvalue weighted by molar-refractivity contribution is 5.01. The van der Waals surface area contributed by atoms with Gasteiger partial charge in [0.1, 0.15) is 0 Å². The van der Waals surface area contributed by atoms with Gasteiger partial charge in [-0.15, -0.1) is 0 Å². The number of aliphatic hydroxyl groups is 1. The molecular weight excluding hydrogens is 230 g/mol. The van der Waals surface area contributed by atoms with Gasteiger partial charge in [-0.1, -0.05) is 12.1 Å². The summed E-state index contributed by atoms with van der Waals surface area (Å²) in [6.07, 6.45) is 4.60. The molecule has 5 heteroatoms. The summed E-state index contributed by atoms with van der Waals surface area (Å²) in [4.78, 5) is 6.78. The molecule has 1 atom stereocenters.